The van der Waals surface area contributed by atoms with Crippen molar-refractivity contribution in [1.29, 1.82) is 5.26 Å². The minimum absolute atomic E-state index is 0.0563. The summed E-state index contributed by atoms with van der Waals surface area (Å²) in [4.78, 5) is 13.7. The summed E-state index contributed by atoms with van der Waals surface area (Å²) in [5.41, 5.74) is -2.60. The third kappa shape index (κ3) is 2.02. The Morgan fingerprint density at radius 1 is 1.33 bits per heavy atom. The predicted octanol–water partition coefficient (Wildman–Crippen LogP) is 3.80. The molecule has 2 aromatic rings. The van der Waals surface area contributed by atoms with Crippen molar-refractivity contribution in [2.24, 2.45) is 0 Å². The molecular weight excluding hydrogens is 321 g/mol. The van der Waals surface area contributed by atoms with Gasteiger partial charge in [-0.15, -0.1) is 0 Å². The Hall–Kier alpha value is -2.49. The number of anilines is 1. The highest BCUT2D eigenvalue weighted by Gasteiger charge is 2.43. The molecule has 1 aliphatic heterocycles. The van der Waals surface area contributed by atoms with Crippen LogP contribution in [0, 0.1) is 11.3 Å². The van der Waals surface area contributed by atoms with Crippen molar-refractivity contribution in [3.05, 3.63) is 39.2 Å². The van der Waals surface area contributed by atoms with Gasteiger partial charge in [-0.2, -0.15) is 18.4 Å². The van der Waals surface area contributed by atoms with Gasteiger partial charge in [0.25, 0.3) is 0 Å². The molecule has 1 unspecified atom stereocenters. The highest BCUT2D eigenvalue weighted by atomic mass is 19.4. The minimum atomic E-state index is -4.83. The predicted molar refractivity (Wildman–Crippen MR) is 83.1 cm³/mol. The number of nitrogens with zero attached hydrogens (tertiary/aromatic N) is 2. The van der Waals surface area contributed by atoms with Gasteiger partial charge in [0.2, 0.25) is 0 Å². The van der Waals surface area contributed by atoms with Crippen LogP contribution in [0.4, 0.5) is 18.9 Å². The Morgan fingerprint density at radius 2 is 1.96 bits per heavy atom. The Bertz CT molecular complexity index is 951. The molecule has 1 atom stereocenters. The van der Waals surface area contributed by atoms with Crippen LogP contribution in [0.15, 0.2) is 21.3 Å². The normalized spacial score (nSPS) is 19.4. The summed E-state index contributed by atoms with van der Waals surface area (Å²) in [7, 11) is 1.84. The molecule has 0 radical (unpaired) electrons. The van der Waals surface area contributed by atoms with Crippen LogP contribution in [0.2, 0.25) is 0 Å². The highest BCUT2D eigenvalue weighted by Crippen LogP contribution is 2.47. The van der Waals surface area contributed by atoms with Gasteiger partial charge in [-0.3, -0.25) is 0 Å². The smallest absolute Gasteiger partial charge is 0.418 e. The standard InChI is InChI=1S/C17H15F3N2O2/c1-8-16(2,3)11-5-9-13(6-12(11)22(8)4)24-15(23)10(7-21)14(9)17(18,19)20/h5-6,8H,1-4H3. The van der Waals surface area contributed by atoms with Crippen LogP contribution in [0.1, 0.15) is 37.5 Å². The maximum absolute atomic E-state index is 13.5. The molecule has 3 rings (SSSR count). The molecule has 0 fully saturated rings. The number of alkyl halides is 3. The van der Waals surface area contributed by atoms with E-state index < -0.39 is 22.9 Å². The van der Waals surface area contributed by atoms with Crippen LogP contribution >= 0.6 is 0 Å². The summed E-state index contributed by atoms with van der Waals surface area (Å²) >= 11 is 0. The van der Waals surface area contributed by atoms with Gasteiger partial charge in [0, 0.05) is 35.6 Å². The number of hydrogen-bond acceptors (Lipinski definition) is 4. The first-order chi connectivity index (χ1) is 11.0. The second kappa shape index (κ2) is 4.76. The van der Waals surface area contributed by atoms with Crippen molar-refractivity contribution in [2.45, 2.75) is 38.4 Å². The van der Waals surface area contributed by atoms with Crippen molar-refractivity contribution < 1.29 is 17.6 Å². The molecule has 1 aliphatic rings. The van der Waals surface area contributed by atoms with Crippen LogP contribution in [-0.4, -0.2) is 13.1 Å². The fourth-order valence-corrected chi connectivity index (χ4v) is 3.36. The van der Waals surface area contributed by atoms with Crippen molar-refractivity contribution in [1.82, 2.24) is 0 Å². The van der Waals surface area contributed by atoms with Gasteiger partial charge in [-0.25, -0.2) is 4.79 Å². The van der Waals surface area contributed by atoms with E-state index in [0.29, 0.717) is 0 Å². The lowest BCUT2D eigenvalue weighted by atomic mass is 9.80. The van der Waals surface area contributed by atoms with Crippen molar-refractivity contribution >= 4 is 16.7 Å². The molecule has 126 valence electrons. The second-order valence-electron chi connectivity index (χ2n) is 6.62. The van der Waals surface area contributed by atoms with Gasteiger partial charge in [-0.1, -0.05) is 13.8 Å². The van der Waals surface area contributed by atoms with E-state index in [2.05, 4.69) is 0 Å². The molecule has 24 heavy (non-hydrogen) atoms. The average molecular weight is 336 g/mol. The van der Waals surface area contributed by atoms with Crippen LogP contribution in [0.3, 0.4) is 0 Å². The van der Waals surface area contributed by atoms with E-state index in [9.17, 15) is 18.0 Å². The largest absolute Gasteiger partial charge is 0.422 e. The minimum Gasteiger partial charge on any atom is -0.422 e. The summed E-state index contributed by atoms with van der Waals surface area (Å²) < 4.78 is 45.5. The first-order valence-corrected chi connectivity index (χ1v) is 7.35. The summed E-state index contributed by atoms with van der Waals surface area (Å²) in [6, 6.07) is 4.24. The van der Waals surface area contributed by atoms with Gasteiger partial charge in [-0.05, 0) is 18.6 Å². The third-order valence-corrected chi connectivity index (χ3v) is 5.12. The number of rotatable bonds is 0. The topological polar surface area (TPSA) is 57.2 Å². The molecule has 0 bridgehead atoms. The van der Waals surface area contributed by atoms with E-state index in [1.165, 1.54) is 18.2 Å². The van der Waals surface area contributed by atoms with E-state index in [1.807, 2.05) is 32.7 Å². The maximum atomic E-state index is 13.5. The van der Waals surface area contributed by atoms with Crippen LogP contribution in [-0.2, 0) is 11.6 Å². The number of benzene rings is 1. The molecule has 0 saturated heterocycles. The maximum Gasteiger partial charge on any atom is 0.418 e. The van der Waals surface area contributed by atoms with Gasteiger partial charge in [0.05, 0.1) is 5.56 Å². The Kier molecular flexibility index (Phi) is 3.24. The number of fused-ring (bicyclic) bond motifs is 2. The number of nitriles is 1. The quantitative estimate of drug-likeness (QED) is 0.687. The zero-order valence-corrected chi connectivity index (χ0v) is 13.6. The first kappa shape index (κ1) is 16.4. The van der Waals surface area contributed by atoms with Crippen molar-refractivity contribution in [3.63, 3.8) is 0 Å². The van der Waals surface area contributed by atoms with Crippen LogP contribution < -0.4 is 10.5 Å². The summed E-state index contributed by atoms with van der Waals surface area (Å²) in [5.74, 6) is 0. The Morgan fingerprint density at radius 3 is 2.50 bits per heavy atom. The summed E-state index contributed by atoms with van der Waals surface area (Å²) in [5, 5.41) is 8.73. The molecule has 0 spiro atoms. The molecule has 4 nitrogen and oxygen atoms in total. The molecule has 1 aromatic heterocycles. The molecule has 0 saturated carbocycles. The van der Waals surface area contributed by atoms with E-state index in [0.717, 1.165) is 11.3 Å². The number of hydrogen-bond donors (Lipinski definition) is 0. The fraction of sp³-hybridized carbons (Fsp3) is 0.412. The summed E-state index contributed by atoms with van der Waals surface area (Å²) in [6.45, 7) is 5.87. The van der Waals surface area contributed by atoms with E-state index in [1.54, 1.807) is 0 Å². The zero-order chi connectivity index (χ0) is 18.0. The first-order valence-electron chi connectivity index (χ1n) is 7.35. The molecular formula is C17H15F3N2O2. The molecule has 0 amide bonds. The van der Waals surface area contributed by atoms with Crippen molar-refractivity contribution in [2.75, 3.05) is 11.9 Å². The monoisotopic (exact) mass is 336 g/mol. The van der Waals surface area contributed by atoms with Gasteiger partial charge in [0.15, 0.2) is 5.56 Å². The molecule has 0 N–H and O–H groups in total. The van der Waals surface area contributed by atoms with E-state index in [4.69, 9.17) is 9.68 Å². The molecule has 2 heterocycles. The average Bonchev–Trinajstić information content (AvgIpc) is 2.64. The zero-order valence-electron chi connectivity index (χ0n) is 13.6. The fourth-order valence-electron chi connectivity index (χ4n) is 3.36. The molecule has 7 heteroatoms. The highest BCUT2D eigenvalue weighted by molar-refractivity contribution is 5.89. The van der Waals surface area contributed by atoms with Gasteiger partial charge >= 0.3 is 11.8 Å². The number of halogens is 3. The van der Waals surface area contributed by atoms with Gasteiger partial charge < -0.3 is 9.32 Å². The summed E-state index contributed by atoms with van der Waals surface area (Å²) in [6.07, 6.45) is -4.83. The number of likely N-dealkylation sites (N-methyl/N-ethyl adjacent to an activating group) is 1. The SMILES string of the molecule is CC1N(C)c2cc3oc(=O)c(C#N)c(C(F)(F)F)c3cc2C1(C)C. The lowest BCUT2D eigenvalue weighted by molar-refractivity contribution is -0.136. The lowest BCUT2D eigenvalue weighted by Crippen LogP contribution is -2.36. The lowest BCUT2D eigenvalue weighted by Gasteiger charge is -2.28. The Balaban J connectivity index is 2.50. The van der Waals surface area contributed by atoms with E-state index >= 15 is 0 Å². The second-order valence-corrected chi connectivity index (χ2v) is 6.62. The van der Waals surface area contributed by atoms with Crippen molar-refractivity contribution in [3.8, 4) is 6.07 Å². The molecule has 1 aromatic carbocycles. The van der Waals surface area contributed by atoms with E-state index in [-0.39, 0.29) is 22.4 Å². The third-order valence-electron chi connectivity index (χ3n) is 5.12. The molecule has 0 aliphatic carbocycles. The van der Waals surface area contributed by atoms with Crippen LogP contribution in [0.5, 0.6) is 0 Å². The Labute approximate surface area is 136 Å². The van der Waals surface area contributed by atoms with Crippen LogP contribution in [0.25, 0.3) is 11.0 Å². The van der Waals surface area contributed by atoms with Gasteiger partial charge in [0.1, 0.15) is 11.7 Å².